The number of carbonyl (C=O) groups is 2. The van der Waals surface area contributed by atoms with E-state index >= 15 is 0 Å². The molecule has 114 valence electrons. The smallest absolute Gasteiger partial charge is 0.323 e. The lowest BCUT2D eigenvalue weighted by atomic mass is 10.2. The number of methoxy groups -OCH3 is 1. The molecule has 0 saturated carbocycles. The first kappa shape index (κ1) is 18.2. The summed E-state index contributed by atoms with van der Waals surface area (Å²) in [5.41, 5.74) is 0. The van der Waals surface area contributed by atoms with Crippen LogP contribution in [0.25, 0.3) is 0 Å². The van der Waals surface area contributed by atoms with Crippen LogP contribution in [0.2, 0.25) is 0 Å². The molecule has 0 fully saturated rings. The molecule has 0 aromatic carbocycles. The molecule has 7 nitrogen and oxygen atoms in total. The van der Waals surface area contributed by atoms with Crippen LogP contribution in [0.4, 0.5) is 4.79 Å². The van der Waals surface area contributed by atoms with Gasteiger partial charge in [-0.2, -0.15) is 5.26 Å². The number of carbonyl (C=O) groups excluding carboxylic acids is 1. The molecule has 0 saturated heterocycles. The molecule has 0 aliphatic carbocycles. The van der Waals surface area contributed by atoms with Gasteiger partial charge in [-0.15, -0.1) is 0 Å². The number of carboxylic acid groups (broad SMARTS) is 1. The van der Waals surface area contributed by atoms with Crippen LogP contribution < -0.4 is 0 Å². The first-order chi connectivity index (χ1) is 9.42. The van der Waals surface area contributed by atoms with E-state index in [-0.39, 0.29) is 38.1 Å². The van der Waals surface area contributed by atoms with Gasteiger partial charge in [0.05, 0.1) is 19.1 Å². The molecule has 2 amide bonds. The number of rotatable bonds is 9. The Balaban J connectivity index is 4.81. The van der Waals surface area contributed by atoms with Crippen LogP contribution in [0.3, 0.4) is 0 Å². The van der Waals surface area contributed by atoms with Gasteiger partial charge >= 0.3 is 12.0 Å². The van der Waals surface area contributed by atoms with Crippen LogP contribution in [0, 0.1) is 17.2 Å². The van der Waals surface area contributed by atoms with Crippen LogP contribution >= 0.6 is 0 Å². The van der Waals surface area contributed by atoms with E-state index in [4.69, 9.17) is 15.1 Å². The van der Waals surface area contributed by atoms with Gasteiger partial charge in [0.2, 0.25) is 0 Å². The molecule has 0 spiro atoms. The van der Waals surface area contributed by atoms with E-state index in [9.17, 15) is 9.59 Å². The minimum Gasteiger partial charge on any atom is -0.480 e. The summed E-state index contributed by atoms with van der Waals surface area (Å²) in [5.74, 6) is -0.828. The lowest BCUT2D eigenvalue weighted by molar-refractivity contribution is -0.137. The van der Waals surface area contributed by atoms with E-state index in [1.807, 2.05) is 19.9 Å². The van der Waals surface area contributed by atoms with Gasteiger partial charge < -0.3 is 19.6 Å². The molecule has 0 atom stereocenters. The van der Waals surface area contributed by atoms with E-state index in [0.717, 1.165) is 0 Å². The molecule has 0 aromatic heterocycles. The highest BCUT2D eigenvalue weighted by Gasteiger charge is 2.23. The van der Waals surface area contributed by atoms with Crippen molar-refractivity contribution in [1.29, 1.82) is 5.26 Å². The minimum atomic E-state index is -1.07. The Hall–Kier alpha value is -1.81. The maximum absolute atomic E-state index is 12.3. The highest BCUT2D eigenvalue weighted by Crippen LogP contribution is 2.05. The average molecular weight is 285 g/mol. The van der Waals surface area contributed by atoms with E-state index in [0.29, 0.717) is 13.1 Å². The summed E-state index contributed by atoms with van der Waals surface area (Å²) in [5, 5.41) is 17.5. The Morgan fingerprint density at radius 3 is 2.40 bits per heavy atom. The largest absolute Gasteiger partial charge is 0.480 e. The molecule has 1 N–H and O–H groups in total. The van der Waals surface area contributed by atoms with E-state index in [2.05, 4.69) is 0 Å². The van der Waals surface area contributed by atoms with E-state index in [1.165, 1.54) is 16.9 Å². The summed E-state index contributed by atoms with van der Waals surface area (Å²) >= 11 is 0. The molecular weight excluding hydrogens is 262 g/mol. The fraction of sp³-hybridized carbons (Fsp3) is 0.769. The first-order valence-corrected chi connectivity index (χ1v) is 6.53. The van der Waals surface area contributed by atoms with Crippen LogP contribution in [0.5, 0.6) is 0 Å². The number of carboxylic acids is 1. The lowest BCUT2D eigenvalue weighted by Crippen LogP contribution is -2.48. The number of urea groups is 1. The second kappa shape index (κ2) is 10.0. The fourth-order valence-electron chi connectivity index (χ4n) is 1.70. The third-order valence-electron chi connectivity index (χ3n) is 2.51. The summed E-state index contributed by atoms with van der Waals surface area (Å²) in [7, 11) is 1.49. The molecule has 0 heterocycles. The molecule has 20 heavy (non-hydrogen) atoms. The third kappa shape index (κ3) is 7.59. The Morgan fingerprint density at radius 1 is 1.30 bits per heavy atom. The SMILES string of the molecule is COCCN(CC(=O)O)C(=O)N(CCC#N)CC(C)C. The summed E-state index contributed by atoms with van der Waals surface area (Å²) in [6.07, 6.45) is 0.226. The van der Waals surface area contributed by atoms with Crippen molar-refractivity contribution in [3.05, 3.63) is 0 Å². The van der Waals surface area contributed by atoms with Crippen LogP contribution in [0.15, 0.2) is 0 Å². The van der Waals surface area contributed by atoms with Crippen molar-refractivity contribution >= 4 is 12.0 Å². The Labute approximate surface area is 119 Å². The van der Waals surface area contributed by atoms with Gasteiger partial charge in [0.1, 0.15) is 6.54 Å². The quantitative estimate of drug-likeness (QED) is 0.682. The fourth-order valence-corrected chi connectivity index (χ4v) is 1.70. The van der Waals surface area contributed by atoms with Crippen molar-refractivity contribution in [2.75, 3.05) is 39.9 Å². The zero-order chi connectivity index (χ0) is 15.5. The summed E-state index contributed by atoms with van der Waals surface area (Å²) in [6, 6.07) is 1.63. The van der Waals surface area contributed by atoms with Crippen molar-refractivity contribution < 1.29 is 19.4 Å². The van der Waals surface area contributed by atoms with Crippen LogP contribution in [-0.4, -0.2) is 66.8 Å². The van der Waals surface area contributed by atoms with Gasteiger partial charge in [0.15, 0.2) is 0 Å². The number of ether oxygens (including phenoxy) is 1. The van der Waals surface area contributed by atoms with Crippen molar-refractivity contribution in [2.24, 2.45) is 5.92 Å². The number of hydrogen-bond acceptors (Lipinski definition) is 4. The van der Waals surface area contributed by atoms with Gasteiger partial charge in [0, 0.05) is 26.7 Å². The van der Waals surface area contributed by atoms with Crippen molar-refractivity contribution in [3.8, 4) is 6.07 Å². The Bertz CT molecular complexity index is 352. The molecule has 0 aliphatic rings. The highest BCUT2D eigenvalue weighted by atomic mass is 16.5. The number of hydrogen-bond donors (Lipinski definition) is 1. The summed E-state index contributed by atoms with van der Waals surface area (Å²) in [6.45, 7) is 4.83. The Morgan fingerprint density at radius 2 is 1.95 bits per heavy atom. The second-order valence-corrected chi connectivity index (χ2v) is 4.84. The zero-order valence-corrected chi connectivity index (χ0v) is 12.3. The molecule has 7 heteroatoms. The average Bonchev–Trinajstić information content (AvgIpc) is 2.37. The maximum atomic E-state index is 12.3. The monoisotopic (exact) mass is 285 g/mol. The summed E-state index contributed by atoms with van der Waals surface area (Å²) < 4.78 is 4.89. The Kier molecular flexibility index (Phi) is 9.13. The van der Waals surface area contributed by atoms with Gasteiger partial charge in [0.25, 0.3) is 0 Å². The lowest BCUT2D eigenvalue weighted by Gasteiger charge is -2.30. The zero-order valence-electron chi connectivity index (χ0n) is 12.3. The molecule has 0 aromatic rings. The molecule has 0 unspecified atom stereocenters. The number of nitrogens with zero attached hydrogens (tertiary/aromatic N) is 3. The predicted octanol–water partition coefficient (Wildman–Crippen LogP) is 1.01. The standard InChI is InChI=1S/C13H23N3O4/c1-11(2)9-15(6-4-5-14)13(19)16(7-8-20-3)10-12(17)18/h11H,4,6-10H2,1-3H3,(H,17,18). The highest BCUT2D eigenvalue weighted by molar-refractivity contribution is 5.80. The van der Waals surface area contributed by atoms with Crippen LogP contribution in [-0.2, 0) is 9.53 Å². The van der Waals surface area contributed by atoms with Crippen molar-refractivity contribution in [1.82, 2.24) is 9.80 Å². The predicted molar refractivity (Wildman–Crippen MR) is 73.1 cm³/mol. The van der Waals surface area contributed by atoms with Gasteiger partial charge in [-0.1, -0.05) is 13.8 Å². The van der Waals surface area contributed by atoms with E-state index < -0.39 is 5.97 Å². The molecule has 0 rings (SSSR count). The van der Waals surface area contributed by atoms with Gasteiger partial charge in [-0.3, -0.25) is 4.79 Å². The van der Waals surface area contributed by atoms with Crippen molar-refractivity contribution in [3.63, 3.8) is 0 Å². The number of nitriles is 1. The first-order valence-electron chi connectivity index (χ1n) is 6.53. The molecule has 0 bridgehead atoms. The molecular formula is C13H23N3O4. The second-order valence-electron chi connectivity index (χ2n) is 4.84. The number of aliphatic carboxylic acids is 1. The van der Waals surface area contributed by atoms with Gasteiger partial charge in [-0.25, -0.2) is 4.79 Å². The molecule has 0 radical (unpaired) electrons. The topological polar surface area (TPSA) is 93.9 Å². The molecule has 0 aliphatic heterocycles. The maximum Gasteiger partial charge on any atom is 0.323 e. The summed E-state index contributed by atoms with van der Waals surface area (Å²) in [4.78, 5) is 25.9. The number of amides is 2. The van der Waals surface area contributed by atoms with Gasteiger partial charge in [-0.05, 0) is 5.92 Å². The third-order valence-corrected chi connectivity index (χ3v) is 2.51. The van der Waals surface area contributed by atoms with Crippen LogP contribution in [0.1, 0.15) is 20.3 Å². The minimum absolute atomic E-state index is 0.211. The van der Waals surface area contributed by atoms with E-state index in [1.54, 1.807) is 0 Å². The normalized spacial score (nSPS) is 10.2. The van der Waals surface area contributed by atoms with Crippen molar-refractivity contribution in [2.45, 2.75) is 20.3 Å².